The first-order valence-electron chi connectivity index (χ1n) is 4.67. The molecule has 0 spiro atoms. The summed E-state index contributed by atoms with van der Waals surface area (Å²) < 4.78 is 5.04. The normalized spacial score (nSPS) is 39.4. The van der Waals surface area contributed by atoms with Gasteiger partial charge in [0, 0.05) is 0 Å². The molecule has 5 N–H and O–H groups in total. The van der Waals surface area contributed by atoms with Crippen LogP contribution in [0.15, 0.2) is 0 Å². The summed E-state index contributed by atoms with van der Waals surface area (Å²) in [6.07, 6.45) is -6.51. The van der Waals surface area contributed by atoms with Crippen LogP contribution in [0.25, 0.3) is 0 Å². The molecule has 1 heterocycles. The quantitative estimate of drug-likeness (QED) is 0.362. The van der Waals surface area contributed by atoms with E-state index >= 15 is 0 Å². The van der Waals surface area contributed by atoms with Gasteiger partial charge in [-0.3, -0.25) is 4.79 Å². The number of carbonyl (C=O) groups is 1. The average Bonchev–Trinajstić information content (AvgIpc) is 2.29. The van der Waals surface area contributed by atoms with Crippen LogP contribution in [0.2, 0.25) is 0 Å². The minimum absolute atomic E-state index is 0.0159. The van der Waals surface area contributed by atoms with Crippen LogP contribution in [0.1, 0.15) is 0 Å². The Labute approximate surface area is 100 Å². The van der Waals surface area contributed by atoms with Crippen molar-refractivity contribution in [2.45, 2.75) is 30.6 Å². The summed E-state index contributed by atoms with van der Waals surface area (Å²) in [4.78, 5) is 11.1. The third-order valence-corrected chi connectivity index (χ3v) is 2.83. The predicted molar refractivity (Wildman–Crippen MR) is 55.7 cm³/mol. The molecule has 0 aromatic carbocycles. The zero-order valence-electron chi connectivity index (χ0n) is 8.28. The number of aliphatic hydroxyl groups excluding tert-OH is 4. The second kappa shape index (κ2) is 5.89. The Bertz CT molecular complexity index is 251. The summed E-state index contributed by atoms with van der Waals surface area (Å²) in [6, 6.07) is 0. The lowest BCUT2D eigenvalue weighted by molar-refractivity contribution is -0.235. The third-order valence-electron chi connectivity index (χ3n) is 2.32. The van der Waals surface area contributed by atoms with Crippen LogP contribution >= 0.6 is 15.9 Å². The summed E-state index contributed by atoms with van der Waals surface area (Å²) in [5.41, 5.74) is 0. The number of rotatable bonds is 3. The number of amides is 1. The fourth-order valence-corrected chi connectivity index (χ4v) is 1.58. The Hall–Kier alpha value is -0.250. The van der Waals surface area contributed by atoms with E-state index in [9.17, 15) is 20.1 Å². The molecule has 0 radical (unpaired) electrons. The van der Waals surface area contributed by atoms with Crippen LogP contribution in [-0.2, 0) is 9.53 Å². The van der Waals surface area contributed by atoms with Crippen molar-refractivity contribution in [3.05, 3.63) is 0 Å². The van der Waals surface area contributed by atoms with Crippen LogP contribution in [0.3, 0.4) is 0 Å². The van der Waals surface area contributed by atoms with Crippen LogP contribution < -0.4 is 5.32 Å². The van der Waals surface area contributed by atoms with Crippen LogP contribution in [-0.4, -0.2) is 68.9 Å². The number of aliphatic hydroxyl groups is 4. The molecule has 0 unspecified atom stereocenters. The van der Waals surface area contributed by atoms with Gasteiger partial charge in [0.1, 0.15) is 24.4 Å². The molecule has 8 heteroatoms. The van der Waals surface area contributed by atoms with Crippen molar-refractivity contribution < 1.29 is 30.0 Å². The minimum Gasteiger partial charge on any atom is -0.394 e. The smallest absolute Gasteiger partial charge is 0.232 e. The molecule has 1 aliphatic rings. The summed E-state index contributed by atoms with van der Waals surface area (Å²) in [7, 11) is 0. The van der Waals surface area contributed by atoms with Crippen molar-refractivity contribution in [2.75, 3.05) is 11.9 Å². The number of hydrogen-bond acceptors (Lipinski definition) is 6. The minimum atomic E-state index is -1.48. The topological polar surface area (TPSA) is 119 Å². The van der Waals surface area contributed by atoms with Gasteiger partial charge in [0.05, 0.1) is 11.9 Å². The molecule has 1 aliphatic heterocycles. The molecule has 0 saturated carbocycles. The molecule has 0 aliphatic carbocycles. The van der Waals surface area contributed by atoms with Crippen LogP contribution in [0.4, 0.5) is 0 Å². The highest BCUT2D eigenvalue weighted by Crippen LogP contribution is 2.19. The molecule has 0 aromatic rings. The first kappa shape index (κ1) is 13.8. The molecule has 1 rings (SSSR count). The molecule has 16 heavy (non-hydrogen) atoms. The Morgan fingerprint density at radius 2 is 1.88 bits per heavy atom. The highest BCUT2D eigenvalue weighted by Gasteiger charge is 2.43. The number of ether oxygens (including phenoxy) is 1. The van der Waals surface area contributed by atoms with Gasteiger partial charge in [-0.1, -0.05) is 15.9 Å². The maximum absolute atomic E-state index is 11.1. The molecule has 0 aromatic heterocycles. The van der Waals surface area contributed by atoms with Gasteiger partial charge in [-0.25, -0.2) is 0 Å². The first-order valence-corrected chi connectivity index (χ1v) is 5.79. The van der Waals surface area contributed by atoms with Crippen molar-refractivity contribution in [3.8, 4) is 0 Å². The summed E-state index contributed by atoms with van der Waals surface area (Å²) in [5, 5.41) is 39.6. The van der Waals surface area contributed by atoms with Crippen molar-refractivity contribution >= 4 is 21.8 Å². The van der Waals surface area contributed by atoms with E-state index in [2.05, 4.69) is 21.2 Å². The van der Waals surface area contributed by atoms with E-state index in [0.717, 1.165) is 0 Å². The van der Waals surface area contributed by atoms with E-state index in [4.69, 9.17) is 9.84 Å². The lowest BCUT2D eigenvalue weighted by atomic mass is 9.98. The highest BCUT2D eigenvalue weighted by atomic mass is 79.9. The van der Waals surface area contributed by atoms with Gasteiger partial charge in [-0.2, -0.15) is 0 Å². The number of carbonyl (C=O) groups excluding carboxylic acids is 1. The first-order chi connectivity index (χ1) is 7.51. The Balaban J connectivity index is 2.67. The standard InChI is InChI=1S/C8H14BrNO6/c9-1-4(12)10-8-7(15)6(14)5(13)3(2-11)16-8/h3,5-8,11,13-15H,1-2H2,(H,10,12)/t3-,5-,6+,7-,8-/m1/s1. The van der Waals surface area contributed by atoms with Gasteiger partial charge in [0.15, 0.2) is 6.23 Å². The van der Waals surface area contributed by atoms with E-state index in [1.807, 2.05) is 0 Å². The van der Waals surface area contributed by atoms with Crippen LogP contribution in [0, 0.1) is 0 Å². The predicted octanol–water partition coefficient (Wildman–Crippen LogP) is -2.70. The molecule has 0 bridgehead atoms. The second-order valence-electron chi connectivity index (χ2n) is 3.45. The molecule has 1 amide bonds. The van der Waals surface area contributed by atoms with Gasteiger partial charge in [-0.05, 0) is 0 Å². The van der Waals surface area contributed by atoms with Crippen molar-refractivity contribution in [2.24, 2.45) is 0 Å². The van der Waals surface area contributed by atoms with E-state index in [0.29, 0.717) is 0 Å². The number of hydrogen-bond donors (Lipinski definition) is 5. The Morgan fingerprint density at radius 3 is 2.38 bits per heavy atom. The van der Waals surface area contributed by atoms with Crippen molar-refractivity contribution in [1.29, 1.82) is 0 Å². The Morgan fingerprint density at radius 1 is 1.25 bits per heavy atom. The van der Waals surface area contributed by atoms with Gasteiger partial charge >= 0.3 is 0 Å². The van der Waals surface area contributed by atoms with E-state index < -0.39 is 43.2 Å². The molecular weight excluding hydrogens is 286 g/mol. The molecule has 94 valence electrons. The van der Waals surface area contributed by atoms with Crippen molar-refractivity contribution in [1.82, 2.24) is 5.32 Å². The van der Waals surface area contributed by atoms with Gasteiger partial charge in [0.2, 0.25) is 5.91 Å². The summed E-state index contributed by atoms with van der Waals surface area (Å²) >= 11 is 2.91. The van der Waals surface area contributed by atoms with Crippen molar-refractivity contribution in [3.63, 3.8) is 0 Å². The number of alkyl halides is 1. The second-order valence-corrected chi connectivity index (χ2v) is 4.01. The maximum atomic E-state index is 11.1. The van der Waals surface area contributed by atoms with Gasteiger partial charge in [-0.15, -0.1) is 0 Å². The molecule has 7 nitrogen and oxygen atoms in total. The summed E-state index contributed by atoms with van der Waals surface area (Å²) in [5.74, 6) is -0.440. The number of halogens is 1. The zero-order chi connectivity index (χ0) is 12.3. The molecule has 1 saturated heterocycles. The lowest BCUT2D eigenvalue weighted by Gasteiger charge is -2.40. The molecule has 5 atom stereocenters. The molecular formula is C8H14BrNO6. The third kappa shape index (κ3) is 2.90. The largest absolute Gasteiger partial charge is 0.394 e. The highest BCUT2D eigenvalue weighted by molar-refractivity contribution is 9.09. The maximum Gasteiger partial charge on any atom is 0.232 e. The number of nitrogens with one attached hydrogen (secondary N) is 1. The molecule has 1 fully saturated rings. The van der Waals surface area contributed by atoms with Crippen LogP contribution in [0.5, 0.6) is 0 Å². The lowest BCUT2D eigenvalue weighted by Crippen LogP contribution is -2.63. The van der Waals surface area contributed by atoms with Gasteiger partial charge < -0.3 is 30.5 Å². The average molecular weight is 300 g/mol. The monoisotopic (exact) mass is 299 g/mol. The fourth-order valence-electron chi connectivity index (χ4n) is 1.42. The SMILES string of the molecule is O=C(CBr)N[C@@H]1O[C@H](CO)[C@@H](O)[C@H](O)[C@H]1O. The Kier molecular flexibility index (Phi) is 5.09. The fraction of sp³-hybridized carbons (Fsp3) is 0.875. The van der Waals surface area contributed by atoms with E-state index in [1.54, 1.807) is 0 Å². The van der Waals surface area contributed by atoms with E-state index in [-0.39, 0.29) is 5.33 Å². The zero-order valence-corrected chi connectivity index (χ0v) is 9.87. The summed E-state index contributed by atoms with van der Waals surface area (Å²) in [6.45, 7) is -0.522. The van der Waals surface area contributed by atoms with E-state index in [1.165, 1.54) is 0 Å². The van der Waals surface area contributed by atoms with Gasteiger partial charge in [0.25, 0.3) is 0 Å².